The molecule has 4 aromatic rings. The lowest BCUT2D eigenvalue weighted by atomic mass is 9.43. The summed E-state index contributed by atoms with van der Waals surface area (Å²) in [6.45, 7) is 7.00. The molecule has 0 bridgehead atoms. The Morgan fingerprint density at radius 3 is 2.30 bits per heavy atom. The van der Waals surface area contributed by atoms with Crippen molar-refractivity contribution in [1.29, 1.82) is 0 Å². The highest BCUT2D eigenvalue weighted by Gasteiger charge is 2.62. The normalized spacial score (nSPS) is 35.8. The lowest BCUT2D eigenvalue weighted by Gasteiger charge is -2.62. The second-order valence-electron chi connectivity index (χ2n) is 16.5. The molecule has 5 nitrogen and oxygen atoms in total. The first-order valence-electron chi connectivity index (χ1n) is 18.3. The first-order chi connectivity index (χ1) is 22.6. The maximum atomic E-state index is 13.4. The van der Waals surface area contributed by atoms with Crippen molar-refractivity contribution in [3.05, 3.63) is 60.2 Å². The molecule has 0 unspecified atom stereocenters. The van der Waals surface area contributed by atoms with E-state index >= 15 is 0 Å². The van der Waals surface area contributed by atoms with Crippen LogP contribution in [0.4, 0.5) is 0 Å². The molecule has 4 aliphatic carbocycles. The minimum Gasteiger partial charge on any atom is -0.457 e. The first kappa shape index (κ1) is 31.3. The number of hydrogen-bond acceptors (Lipinski definition) is 5. The van der Waals surface area contributed by atoms with E-state index in [1.807, 2.05) is 18.2 Å². The van der Waals surface area contributed by atoms with Crippen molar-refractivity contribution >= 4 is 44.1 Å². The number of fused-ring (bicyclic) bond motifs is 5. The lowest BCUT2D eigenvalue weighted by molar-refractivity contribution is -0.174. The van der Waals surface area contributed by atoms with Crippen molar-refractivity contribution in [1.82, 2.24) is 0 Å². The average Bonchev–Trinajstić information content (AvgIpc) is 3.43. The van der Waals surface area contributed by atoms with Crippen molar-refractivity contribution < 1.29 is 24.5 Å². The Hall–Kier alpha value is -3.02. The van der Waals surface area contributed by atoms with Crippen LogP contribution in [0.25, 0.3) is 32.3 Å². The Balaban J connectivity index is 0.903. The van der Waals surface area contributed by atoms with Crippen LogP contribution in [0, 0.1) is 46.3 Å². The van der Waals surface area contributed by atoms with E-state index in [4.69, 9.17) is 4.74 Å². The predicted octanol–water partition coefficient (Wildman–Crippen LogP) is 8.72. The zero-order chi connectivity index (χ0) is 32.7. The quantitative estimate of drug-likeness (QED) is 0.121. The molecule has 4 fully saturated rings. The molecule has 4 saturated carbocycles. The molecule has 0 aliphatic heterocycles. The number of hydrogen-bond donors (Lipinski definition) is 2. The van der Waals surface area contributed by atoms with E-state index in [-0.39, 0.29) is 41.4 Å². The monoisotopic (exact) mass is 634 g/mol. The Morgan fingerprint density at radius 2 is 1.51 bits per heavy atom. The summed E-state index contributed by atoms with van der Waals surface area (Å²) in [5, 5.41) is 28.5. The highest BCUT2D eigenvalue weighted by Crippen LogP contribution is 2.68. The van der Waals surface area contributed by atoms with Gasteiger partial charge in [-0.1, -0.05) is 75.4 Å². The maximum absolute atomic E-state index is 13.4. The standard InChI is InChI=1S/C42H50O5/c1-24(32-14-15-33-40-34(18-20-42(32,33)3)41(2)19-17-29(43)21-28(41)22-35(40)44)7-16-37(46)47-23-36(45)30-12-10-27-9-8-25-5-4-6-26-11-13-31(30)39(27)38(25)26/h4-6,8-13,24,28-29,32-35,40,43-44H,7,14-23H2,1-3H3/t24-,28+,29-,32-,33+,34+,35-,40+,41+,42-/m1/s1. The molecule has 4 aromatic carbocycles. The molecule has 0 radical (unpaired) electrons. The molecule has 4 aliphatic rings. The van der Waals surface area contributed by atoms with Crippen molar-refractivity contribution in [2.45, 2.75) is 97.2 Å². The Labute approximate surface area is 278 Å². The number of ether oxygens (including phenoxy) is 1. The number of aliphatic hydroxyl groups is 2. The van der Waals surface area contributed by atoms with Crippen LogP contribution in [0.15, 0.2) is 54.6 Å². The van der Waals surface area contributed by atoms with Crippen molar-refractivity contribution in [3.63, 3.8) is 0 Å². The van der Waals surface area contributed by atoms with Gasteiger partial charge in [0.1, 0.15) is 0 Å². The van der Waals surface area contributed by atoms with E-state index < -0.39 is 0 Å². The molecule has 10 atom stereocenters. The number of esters is 1. The van der Waals surface area contributed by atoms with Crippen LogP contribution < -0.4 is 0 Å². The fraction of sp³-hybridized carbons (Fsp3) is 0.571. The van der Waals surface area contributed by atoms with Gasteiger partial charge in [-0.25, -0.2) is 0 Å². The molecular weight excluding hydrogens is 584 g/mol. The Kier molecular flexibility index (Phi) is 7.68. The van der Waals surface area contributed by atoms with Crippen LogP contribution in [0.2, 0.25) is 0 Å². The SMILES string of the molecule is C[C@H](CCC(=O)OCC(=O)c1ccc2ccc3cccc4ccc1c2c34)[C@H]1CC[C@H]2[C@@H]3[C@H](O)C[C@@H]4C[C@H](O)CC[C@]4(C)[C@H]3CC[C@]12C. The van der Waals surface area contributed by atoms with Crippen LogP contribution in [0.3, 0.4) is 0 Å². The third kappa shape index (κ3) is 4.93. The number of carbonyl (C=O) groups excluding carboxylic acids is 2. The summed E-state index contributed by atoms with van der Waals surface area (Å²) >= 11 is 0. The van der Waals surface area contributed by atoms with Gasteiger partial charge in [-0.05, 0) is 136 Å². The summed E-state index contributed by atoms with van der Waals surface area (Å²) in [5.41, 5.74) is 1.01. The molecular formula is C42H50O5. The molecule has 5 heteroatoms. The average molecular weight is 635 g/mol. The number of Topliss-reactive ketones (excluding diaryl/α,β-unsaturated/α-hetero) is 1. The van der Waals surface area contributed by atoms with Crippen molar-refractivity contribution in [2.75, 3.05) is 6.61 Å². The molecule has 0 heterocycles. The lowest BCUT2D eigenvalue weighted by Crippen LogP contribution is -2.58. The molecule has 2 N–H and O–H groups in total. The van der Waals surface area contributed by atoms with Crippen LogP contribution in [-0.2, 0) is 9.53 Å². The van der Waals surface area contributed by atoms with E-state index in [0.717, 1.165) is 78.3 Å². The zero-order valence-electron chi connectivity index (χ0n) is 28.2. The van der Waals surface area contributed by atoms with E-state index in [1.54, 1.807) is 0 Å². The van der Waals surface area contributed by atoms with Gasteiger partial charge in [0.05, 0.1) is 12.2 Å². The van der Waals surface area contributed by atoms with E-state index in [1.165, 1.54) is 11.8 Å². The fourth-order valence-corrected chi connectivity index (χ4v) is 12.0. The second-order valence-corrected chi connectivity index (χ2v) is 16.5. The molecule has 8 rings (SSSR count). The van der Waals surface area contributed by atoms with Crippen LogP contribution in [0.5, 0.6) is 0 Å². The molecule has 0 saturated heterocycles. The zero-order valence-corrected chi connectivity index (χ0v) is 28.2. The maximum Gasteiger partial charge on any atom is 0.306 e. The Morgan fingerprint density at radius 1 is 0.830 bits per heavy atom. The summed E-state index contributed by atoms with van der Waals surface area (Å²) in [6, 6.07) is 18.5. The molecule has 47 heavy (non-hydrogen) atoms. The number of ketones is 1. The molecule has 0 spiro atoms. The van der Waals surface area contributed by atoms with Gasteiger partial charge < -0.3 is 14.9 Å². The van der Waals surface area contributed by atoms with Gasteiger partial charge in [-0.15, -0.1) is 0 Å². The van der Waals surface area contributed by atoms with Gasteiger partial charge in [-0.2, -0.15) is 0 Å². The van der Waals surface area contributed by atoms with E-state index in [9.17, 15) is 19.8 Å². The van der Waals surface area contributed by atoms with Crippen LogP contribution in [0.1, 0.15) is 95.3 Å². The third-order valence-electron chi connectivity index (χ3n) is 14.4. The van der Waals surface area contributed by atoms with Crippen molar-refractivity contribution in [3.8, 4) is 0 Å². The first-order valence-corrected chi connectivity index (χ1v) is 18.3. The minimum absolute atomic E-state index is 0.165. The van der Waals surface area contributed by atoms with Crippen LogP contribution in [-0.4, -0.2) is 40.8 Å². The van der Waals surface area contributed by atoms with Gasteiger partial charge >= 0.3 is 5.97 Å². The minimum atomic E-state index is -0.299. The fourth-order valence-electron chi connectivity index (χ4n) is 12.0. The predicted molar refractivity (Wildman–Crippen MR) is 186 cm³/mol. The summed E-state index contributed by atoms with van der Waals surface area (Å²) in [5.74, 6) is 2.25. The second kappa shape index (κ2) is 11.6. The summed E-state index contributed by atoms with van der Waals surface area (Å²) < 4.78 is 5.61. The summed E-state index contributed by atoms with van der Waals surface area (Å²) in [7, 11) is 0. The largest absolute Gasteiger partial charge is 0.457 e. The Bertz CT molecular complexity index is 1810. The number of rotatable bonds is 7. The molecule has 248 valence electrons. The highest BCUT2D eigenvalue weighted by molar-refractivity contribution is 6.26. The summed E-state index contributed by atoms with van der Waals surface area (Å²) in [6.07, 6.45) is 8.91. The van der Waals surface area contributed by atoms with Gasteiger partial charge in [0.25, 0.3) is 0 Å². The van der Waals surface area contributed by atoms with E-state index in [0.29, 0.717) is 47.5 Å². The smallest absolute Gasteiger partial charge is 0.306 e. The van der Waals surface area contributed by atoms with Crippen LogP contribution >= 0.6 is 0 Å². The van der Waals surface area contributed by atoms with E-state index in [2.05, 4.69) is 57.2 Å². The number of carbonyl (C=O) groups is 2. The van der Waals surface area contributed by atoms with Gasteiger partial charge in [0.2, 0.25) is 5.78 Å². The van der Waals surface area contributed by atoms with Gasteiger partial charge in [-0.3, -0.25) is 9.59 Å². The highest BCUT2D eigenvalue weighted by atomic mass is 16.5. The number of aliphatic hydroxyl groups excluding tert-OH is 2. The third-order valence-corrected chi connectivity index (χ3v) is 14.4. The number of benzene rings is 4. The topological polar surface area (TPSA) is 83.8 Å². The van der Waals surface area contributed by atoms with Gasteiger partial charge in [0, 0.05) is 12.0 Å². The molecule has 0 aromatic heterocycles. The van der Waals surface area contributed by atoms with Gasteiger partial charge in [0.15, 0.2) is 6.61 Å². The molecule has 0 amide bonds. The van der Waals surface area contributed by atoms with Crippen molar-refractivity contribution in [2.24, 2.45) is 46.3 Å². The summed E-state index contributed by atoms with van der Waals surface area (Å²) in [4.78, 5) is 26.4.